The fraction of sp³-hybridized carbons (Fsp3) is 0.940. The second kappa shape index (κ2) is 58.2. The smallest absolute Gasteiger partial charge is 0.462 e. The van der Waals surface area contributed by atoms with Crippen LogP contribution in [0.1, 0.15) is 331 Å². The molecule has 0 aliphatic carbocycles. The topological polar surface area (TPSA) is 237 Å². The summed E-state index contributed by atoms with van der Waals surface area (Å²) >= 11 is 0. The van der Waals surface area contributed by atoms with Gasteiger partial charge in [0, 0.05) is 25.7 Å². The number of ether oxygens (including phenoxy) is 4. The highest BCUT2D eigenvalue weighted by Crippen LogP contribution is 2.45. The Morgan fingerprint density at radius 1 is 0.337 bits per heavy atom. The van der Waals surface area contributed by atoms with E-state index in [1.165, 1.54) is 135 Å². The molecule has 0 aliphatic rings. The van der Waals surface area contributed by atoms with Gasteiger partial charge < -0.3 is 33.8 Å². The first-order chi connectivity index (χ1) is 41.3. The maximum absolute atomic E-state index is 13.0. The van der Waals surface area contributed by atoms with Crippen LogP contribution in [0.15, 0.2) is 0 Å². The Balaban J connectivity index is 5.24. The summed E-state index contributed by atoms with van der Waals surface area (Å²) in [5.74, 6) is 0.138. The molecule has 0 aromatic rings. The summed E-state index contributed by atoms with van der Waals surface area (Å²) in [5, 5.41) is 10.6. The predicted molar refractivity (Wildman–Crippen MR) is 344 cm³/mol. The van der Waals surface area contributed by atoms with Crippen LogP contribution in [0.3, 0.4) is 0 Å². The van der Waals surface area contributed by atoms with Crippen molar-refractivity contribution in [3.63, 3.8) is 0 Å². The number of hydrogen-bond acceptors (Lipinski definition) is 15. The molecule has 6 atom stereocenters. The van der Waals surface area contributed by atoms with Crippen LogP contribution in [0.2, 0.25) is 0 Å². The third kappa shape index (κ3) is 59.7. The number of phosphoric acid groups is 2. The Hall–Kier alpha value is -1.94. The van der Waals surface area contributed by atoms with E-state index in [1.807, 2.05) is 0 Å². The van der Waals surface area contributed by atoms with Gasteiger partial charge in [-0.15, -0.1) is 0 Å². The Bertz CT molecular complexity index is 1700. The highest BCUT2D eigenvalue weighted by Gasteiger charge is 2.30. The molecule has 3 unspecified atom stereocenters. The molecule has 0 saturated carbocycles. The van der Waals surface area contributed by atoms with Crippen molar-refractivity contribution in [3.8, 4) is 0 Å². The van der Waals surface area contributed by atoms with Crippen molar-refractivity contribution in [1.82, 2.24) is 0 Å². The van der Waals surface area contributed by atoms with E-state index in [2.05, 4.69) is 48.5 Å². The number of carbonyl (C=O) groups is 4. The predicted octanol–water partition coefficient (Wildman–Crippen LogP) is 18.7. The quantitative estimate of drug-likeness (QED) is 0.0222. The van der Waals surface area contributed by atoms with Gasteiger partial charge in [0.15, 0.2) is 12.2 Å². The number of hydrogen-bond donors (Lipinski definition) is 3. The molecule has 0 radical (unpaired) electrons. The van der Waals surface area contributed by atoms with Crippen molar-refractivity contribution in [3.05, 3.63) is 0 Å². The second-order valence-corrected chi connectivity index (χ2v) is 28.3. The Morgan fingerprint density at radius 3 is 0.884 bits per heavy atom. The SMILES string of the molecule is CCCCCCCCCCC(=O)OC[C@H](COP(=O)(O)OC[C@H](O)COP(=O)(O)OC[C@@H](COC(=O)CCCCCCCCCCC(C)CC)OC(=O)CCCCCCCCCCCCCCC(C)C)OC(=O)CCCCCCCCCCC(C)C. The minimum Gasteiger partial charge on any atom is -0.462 e. The lowest BCUT2D eigenvalue weighted by Crippen LogP contribution is -2.30. The van der Waals surface area contributed by atoms with E-state index in [0.29, 0.717) is 25.7 Å². The highest BCUT2D eigenvalue weighted by molar-refractivity contribution is 7.47. The Labute approximate surface area is 524 Å². The molecule has 0 fully saturated rings. The number of rotatable bonds is 65. The zero-order chi connectivity index (χ0) is 63.8. The Morgan fingerprint density at radius 2 is 0.593 bits per heavy atom. The lowest BCUT2D eigenvalue weighted by molar-refractivity contribution is -0.161. The van der Waals surface area contributed by atoms with Crippen molar-refractivity contribution >= 4 is 39.5 Å². The number of aliphatic hydroxyl groups is 1. The molecular weight excluding hydrogens is 1140 g/mol. The van der Waals surface area contributed by atoms with Crippen LogP contribution in [-0.2, 0) is 65.4 Å². The maximum atomic E-state index is 13.0. The van der Waals surface area contributed by atoms with Crippen LogP contribution >= 0.6 is 15.6 Å². The molecule has 19 heteroatoms. The molecule has 0 rings (SSSR count). The van der Waals surface area contributed by atoms with Crippen molar-refractivity contribution in [1.29, 1.82) is 0 Å². The lowest BCUT2D eigenvalue weighted by atomic mass is 9.99. The fourth-order valence-corrected chi connectivity index (χ4v) is 11.6. The fourth-order valence-electron chi connectivity index (χ4n) is 9.98. The van der Waals surface area contributed by atoms with Gasteiger partial charge in [0.1, 0.15) is 19.3 Å². The first kappa shape index (κ1) is 84.1. The van der Waals surface area contributed by atoms with Crippen molar-refractivity contribution in [2.45, 2.75) is 349 Å². The summed E-state index contributed by atoms with van der Waals surface area (Å²) < 4.78 is 68.1. The highest BCUT2D eigenvalue weighted by atomic mass is 31.2. The number of unbranched alkanes of at least 4 members (excludes halogenated alkanes) is 32. The van der Waals surface area contributed by atoms with Gasteiger partial charge in [0.25, 0.3) is 0 Å². The van der Waals surface area contributed by atoms with Gasteiger partial charge in [-0.2, -0.15) is 0 Å². The molecule has 510 valence electrons. The van der Waals surface area contributed by atoms with Gasteiger partial charge in [-0.1, -0.05) is 280 Å². The molecule has 0 heterocycles. The molecule has 0 saturated heterocycles. The average Bonchev–Trinajstić information content (AvgIpc) is 3.68. The normalized spacial score (nSPS) is 14.6. The monoisotopic (exact) mass is 1270 g/mol. The zero-order valence-corrected chi connectivity index (χ0v) is 57.6. The minimum absolute atomic E-state index is 0.104. The third-order valence-electron chi connectivity index (χ3n) is 15.7. The van der Waals surface area contributed by atoms with E-state index < -0.39 is 97.5 Å². The van der Waals surface area contributed by atoms with E-state index in [-0.39, 0.29) is 25.7 Å². The number of esters is 4. The van der Waals surface area contributed by atoms with E-state index in [9.17, 15) is 43.2 Å². The standard InChI is InChI=1S/C67H130O17P2/c1-8-10-11-12-13-27-34-41-48-64(69)77-54-62(84-67(72)51-44-37-30-22-20-25-32-39-46-59(5)6)56-81-85(73,74)79-52-61(68)53-80-86(75,76)82-57-63(55-78-65(70)49-42-35-28-23-21-26-33-40-47-60(7)9-2)83-66(71)50-43-36-29-19-17-15-14-16-18-24-31-38-45-58(3)4/h58-63,68H,8-57H2,1-7H3,(H,73,74)(H,75,76)/t60?,61-,62+,63+/m0/s1. The van der Waals surface area contributed by atoms with E-state index in [1.54, 1.807) is 0 Å². The number of carbonyl (C=O) groups excluding carboxylic acids is 4. The zero-order valence-electron chi connectivity index (χ0n) is 55.8. The van der Waals surface area contributed by atoms with Gasteiger partial charge in [0.05, 0.1) is 26.4 Å². The van der Waals surface area contributed by atoms with Crippen LogP contribution in [0.5, 0.6) is 0 Å². The summed E-state index contributed by atoms with van der Waals surface area (Å²) in [6, 6.07) is 0. The van der Waals surface area contributed by atoms with Crippen LogP contribution < -0.4 is 0 Å². The molecule has 0 amide bonds. The molecule has 0 aliphatic heterocycles. The van der Waals surface area contributed by atoms with Crippen molar-refractivity contribution < 1.29 is 80.2 Å². The molecule has 3 N–H and O–H groups in total. The van der Waals surface area contributed by atoms with E-state index in [0.717, 1.165) is 114 Å². The Kier molecular flexibility index (Phi) is 56.9. The van der Waals surface area contributed by atoms with Gasteiger partial charge in [-0.25, -0.2) is 9.13 Å². The first-order valence-corrected chi connectivity index (χ1v) is 37.9. The van der Waals surface area contributed by atoms with Crippen LogP contribution in [0, 0.1) is 17.8 Å². The van der Waals surface area contributed by atoms with Crippen LogP contribution in [-0.4, -0.2) is 96.7 Å². The van der Waals surface area contributed by atoms with Crippen LogP contribution in [0.4, 0.5) is 0 Å². The molecule has 0 aromatic carbocycles. The van der Waals surface area contributed by atoms with Crippen LogP contribution in [0.25, 0.3) is 0 Å². The minimum atomic E-state index is -4.95. The first-order valence-electron chi connectivity index (χ1n) is 34.9. The van der Waals surface area contributed by atoms with E-state index in [4.69, 9.17) is 37.0 Å². The van der Waals surface area contributed by atoms with Gasteiger partial charge in [0.2, 0.25) is 0 Å². The summed E-state index contributed by atoms with van der Waals surface area (Å²) in [6.07, 6.45) is 40.3. The molecule has 0 bridgehead atoms. The average molecular weight is 1270 g/mol. The third-order valence-corrected chi connectivity index (χ3v) is 17.6. The number of aliphatic hydroxyl groups excluding tert-OH is 1. The second-order valence-electron chi connectivity index (χ2n) is 25.4. The summed E-state index contributed by atoms with van der Waals surface area (Å²) in [7, 11) is -9.89. The molecular formula is C67H130O17P2. The molecule has 0 spiro atoms. The van der Waals surface area contributed by atoms with Gasteiger partial charge >= 0.3 is 39.5 Å². The van der Waals surface area contributed by atoms with Crippen molar-refractivity contribution in [2.24, 2.45) is 17.8 Å². The van der Waals surface area contributed by atoms with Gasteiger partial charge in [-0.3, -0.25) is 37.3 Å². The summed E-state index contributed by atoms with van der Waals surface area (Å²) in [4.78, 5) is 72.3. The van der Waals surface area contributed by atoms with E-state index >= 15 is 0 Å². The summed E-state index contributed by atoms with van der Waals surface area (Å²) in [5.41, 5.74) is 0. The van der Waals surface area contributed by atoms with Crippen molar-refractivity contribution in [2.75, 3.05) is 39.6 Å². The number of phosphoric ester groups is 2. The maximum Gasteiger partial charge on any atom is 0.472 e. The summed E-state index contributed by atoms with van der Waals surface area (Å²) in [6.45, 7) is 11.8. The van der Waals surface area contributed by atoms with Gasteiger partial charge in [-0.05, 0) is 43.4 Å². The molecule has 0 aromatic heterocycles. The largest absolute Gasteiger partial charge is 0.472 e. The lowest BCUT2D eigenvalue weighted by Gasteiger charge is -2.21. The molecule has 17 nitrogen and oxygen atoms in total. The molecule has 86 heavy (non-hydrogen) atoms.